The molecule has 0 aliphatic rings. The molecule has 1 aromatic carbocycles. The molecule has 1 aromatic heterocycles. The summed E-state index contributed by atoms with van der Waals surface area (Å²) in [6, 6.07) is 6.29. The van der Waals surface area contributed by atoms with Gasteiger partial charge in [0, 0.05) is 34.5 Å². The quantitative estimate of drug-likeness (QED) is 0.669. The molecule has 0 saturated heterocycles. The van der Waals surface area contributed by atoms with Crippen molar-refractivity contribution in [1.29, 1.82) is 0 Å². The second-order valence-electron chi connectivity index (χ2n) is 3.66. The van der Waals surface area contributed by atoms with Gasteiger partial charge in [0.15, 0.2) is 0 Å². The average molecular weight is 252 g/mol. The largest absolute Gasteiger partial charge is 0.399 e. The van der Waals surface area contributed by atoms with Gasteiger partial charge in [-0.25, -0.2) is 0 Å². The van der Waals surface area contributed by atoms with Crippen LogP contribution in [0.25, 0.3) is 10.9 Å². The first-order valence-electron chi connectivity index (χ1n) is 5.17. The fourth-order valence-corrected chi connectivity index (χ4v) is 2.86. The lowest BCUT2D eigenvalue weighted by Crippen LogP contribution is -1.98. The maximum Gasteiger partial charge on any atom is 0.0512 e. The molecule has 2 nitrogen and oxygen atoms in total. The van der Waals surface area contributed by atoms with Gasteiger partial charge >= 0.3 is 0 Å². The Morgan fingerprint density at radius 2 is 2.12 bits per heavy atom. The van der Waals surface area contributed by atoms with Crippen molar-refractivity contribution in [3.63, 3.8) is 0 Å². The molecule has 2 N–H and O–H groups in total. The van der Waals surface area contributed by atoms with Crippen LogP contribution in [0.1, 0.15) is 0 Å². The van der Waals surface area contributed by atoms with Crippen molar-refractivity contribution < 1.29 is 0 Å². The zero-order valence-electron chi connectivity index (χ0n) is 9.56. The number of hydrogen-bond acceptors (Lipinski definition) is 3. The highest BCUT2D eigenvalue weighted by Crippen LogP contribution is 2.30. The van der Waals surface area contributed by atoms with Gasteiger partial charge < -0.3 is 10.3 Å². The topological polar surface area (TPSA) is 30.9 Å². The van der Waals surface area contributed by atoms with Crippen LogP contribution in [0.2, 0.25) is 0 Å². The number of benzene rings is 1. The van der Waals surface area contributed by atoms with Gasteiger partial charge in [-0.2, -0.15) is 11.8 Å². The van der Waals surface area contributed by atoms with Gasteiger partial charge in [0.25, 0.3) is 0 Å². The molecule has 0 atom stereocenters. The molecule has 16 heavy (non-hydrogen) atoms. The highest BCUT2D eigenvalue weighted by atomic mass is 32.2. The Hall–Kier alpha value is -0.740. The first-order valence-corrected chi connectivity index (χ1v) is 7.79. The summed E-state index contributed by atoms with van der Waals surface area (Å²) >= 11 is 3.62. The Kier molecular flexibility index (Phi) is 3.71. The molecule has 0 fully saturated rings. The van der Waals surface area contributed by atoms with Crippen molar-refractivity contribution in [2.75, 3.05) is 24.0 Å². The molecule has 0 spiro atoms. The number of aromatic nitrogens is 1. The van der Waals surface area contributed by atoms with E-state index >= 15 is 0 Å². The number of nitrogens with two attached hydrogens (primary N) is 1. The number of thioether (sulfide) groups is 2. The van der Waals surface area contributed by atoms with E-state index in [-0.39, 0.29) is 0 Å². The van der Waals surface area contributed by atoms with Gasteiger partial charge in [0.2, 0.25) is 0 Å². The van der Waals surface area contributed by atoms with Crippen LogP contribution in [0, 0.1) is 0 Å². The Labute approximate surface area is 105 Å². The monoisotopic (exact) mass is 252 g/mol. The van der Waals surface area contributed by atoms with E-state index in [9.17, 15) is 0 Å². The van der Waals surface area contributed by atoms with Crippen molar-refractivity contribution in [3.05, 3.63) is 24.4 Å². The molecule has 0 amide bonds. The minimum Gasteiger partial charge on any atom is -0.399 e. The summed E-state index contributed by atoms with van der Waals surface area (Å²) in [7, 11) is 0. The SMILES string of the molecule is CSCCn1ccc2c(SC)cc(N)cc21. The molecule has 2 rings (SSSR count). The fraction of sp³-hybridized carbons (Fsp3) is 0.333. The van der Waals surface area contributed by atoms with E-state index in [1.807, 2.05) is 17.8 Å². The summed E-state index contributed by atoms with van der Waals surface area (Å²) in [4.78, 5) is 1.26. The van der Waals surface area contributed by atoms with E-state index in [1.54, 1.807) is 11.8 Å². The van der Waals surface area contributed by atoms with E-state index in [0.717, 1.165) is 18.0 Å². The highest BCUT2D eigenvalue weighted by molar-refractivity contribution is 7.99. The maximum absolute atomic E-state index is 5.93. The smallest absolute Gasteiger partial charge is 0.0512 e. The molecular formula is C12H16N2S2. The van der Waals surface area contributed by atoms with E-state index in [4.69, 9.17) is 5.73 Å². The molecule has 0 aliphatic carbocycles. The summed E-state index contributed by atoms with van der Waals surface area (Å²) in [5.74, 6) is 1.13. The second-order valence-corrected chi connectivity index (χ2v) is 5.49. The number of nitrogens with zero attached hydrogens (tertiary/aromatic N) is 1. The molecule has 0 aliphatic heterocycles. The second kappa shape index (κ2) is 5.06. The van der Waals surface area contributed by atoms with Gasteiger partial charge in [-0.15, -0.1) is 11.8 Å². The first-order chi connectivity index (χ1) is 7.76. The van der Waals surface area contributed by atoms with Gasteiger partial charge in [0.05, 0.1) is 5.52 Å². The van der Waals surface area contributed by atoms with Crippen LogP contribution in [0.3, 0.4) is 0 Å². The third-order valence-corrected chi connectivity index (χ3v) is 4.00. The summed E-state index contributed by atoms with van der Waals surface area (Å²) < 4.78 is 2.28. The summed E-state index contributed by atoms with van der Waals surface area (Å²) in [5, 5.41) is 1.31. The van der Waals surface area contributed by atoms with E-state index in [0.29, 0.717) is 0 Å². The molecule has 1 heterocycles. The van der Waals surface area contributed by atoms with Crippen LogP contribution in [-0.4, -0.2) is 22.8 Å². The first kappa shape index (κ1) is 11.7. The number of hydrogen-bond donors (Lipinski definition) is 1. The Balaban J connectivity index is 2.49. The molecule has 0 radical (unpaired) electrons. The van der Waals surface area contributed by atoms with Gasteiger partial charge in [-0.1, -0.05) is 0 Å². The Morgan fingerprint density at radius 3 is 2.81 bits per heavy atom. The molecule has 4 heteroatoms. The van der Waals surface area contributed by atoms with Crippen molar-refractivity contribution >= 4 is 40.1 Å². The third kappa shape index (κ3) is 2.18. The zero-order valence-corrected chi connectivity index (χ0v) is 11.2. The van der Waals surface area contributed by atoms with Crippen molar-refractivity contribution in [3.8, 4) is 0 Å². The fourth-order valence-electron chi connectivity index (χ4n) is 1.84. The lowest BCUT2D eigenvalue weighted by Gasteiger charge is -2.06. The van der Waals surface area contributed by atoms with Gasteiger partial charge in [-0.3, -0.25) is 0 Å². The molecule has 2 aromatic rings. The van der Waals surface area contributed by atoms with Crippen LogP contribution in [-0.2, 0) is 6.54 Å². The van der Waals surface area contributed by atoms with E-state index < -0.39 is 0 Å². The van der Waals surface area contributed by atoms with Crippen LogP contribution in [0.5, 0.6) is 0 Å². The predicted octanol–water partition coefficient (Wildman–Crippen LogP) is 3.31. The Bertz CT molecular complexity index is 491. The molecule has 0 saturated carbocycles. The number of anilines is 1. The molecule has 86 valence electrons. The molecule has 0 bridgehead atoms. The standard InChI is InChI=1S/C12H16N2S2/c1-15-6-5-14-4-3-10-11(14)7-9(13)8-12(10)16-2/h3-4,7-8H,5-6,13H2,1-2H3. The minimum absolute atomic E-state index is 0.848. The summed E-state index contributed by atoms with van der Waals surface area (Å²) in [6.07, 6.45) is 6.38. The highest BCUT2D eigenvalue weighted by Gasteiger charge is 2.06. The summed E-state index contributed by atoms with van der Waals surface area (Å²) in [5.41, 5.74) is 8.02. The molecule has 0 unspecified atom stereocenters. The number of rotatable bonds is 4. The zero-order chi connectivity index (χ0) is 11.5. The van der Waals surface area contributed by atoms with Crippen LogP contribution in [0.4, 0.5) is 5.69 Å². The minimum atomic E-state index is 0.848. The Morgan fingerprint density at radius 1 is 1.31 bits per heavy atom. The van der Waals surface area contributed by atoms with Crippen LogP contribution < -0.4 is 5.73 Å². The van der Waals surface area contributed by atoms with E-state index in [2.05, 4.69) is 35.4 Å². The number of fused-ring (bicyclic) bond motifs is 1. The number of nitrogen functional groups attached to an aromatic ring is 1. The lowest BCUT2D eigenvalue weighted by molar-refractivity contribution is 0.808. The van der Waals surface area contributed by atoms with Gasteiger partial charge in [-0.05, 0) is 30.7 Å². The lowest BCUT2D eigenvalue weighted by atomic mass is 10.2. The number of aryl methyl sites for hydroxylation is 1. The van der Waals surface area contributed by atoms with Crippen molar-refractivity contribution in [2.24, 2.45) is 0 Å². The summed E-state index contributed by atoms with van der Waals surface area (Å²) in [6.45, 7) is 1.04. The average Bonchev–Trinajstić information content (AvgIpc) is 2.68. The normalized spacial score (nSPS) is 11.1. The molecular weight excluding hydrogens is 236 g/mol. The van der Waals surface area contributed by atoms with E-state index in [1.165, 1.54) is 15.8 Å². The van der Waals surface area contributed by atoms with Crippen LogP contribution in [0.15, 0.2) is 29.3 Å². The predicted molar refractivity (Wildman–Crippen MR) is 76.5 cm³/mol. The van der Waals surface area contributed by atoms with Gasteiger partial charge in [0.1, 0.15) is 0 Å². The van der Waals surface area contributed by atoms with Crippen molar-refractivity contribution in [1.82, 2.24) is 4.57 Å². The van der Waals surface area contributed by atoms with Crippen molar-refractivity contribution in [2.45, 2.75) is 11.4 Å². The maximum atomic E-state index is 5.93. The third-order valence-electron chi connectivity index (χ3n) is 2.63. The van der Waals surface area contributed by atoms with Crippen LogP contribution >= 0.6 is 23.5 Å².